The van der Waals surface area contributed by atoms with Gasteiger partial charge in [-0.1, -0.05) is 23.2 Å². The summed E-state index contributed by atoms with van der Waals surface area (Å²) in [6, 6.07) is 10.1. The number of ether oxygens (including phenoxy) is 2. The highest BCUT2D eigenvalue weighted by Crippen LogP contribution is 2.15. The van der Waals surface area contributed by atoms with Gasteiger partial charge in [-0.2, -0.15) is 0 Å². The Morgan fingerprint density at radius 2 is 1.75 bits per heavy atom. The summed E-state index contributed by atoms with van der Waals surface area (Å²) < 4.78 is 10.5. The highest BCUT2D eigenvalue weighted by Gasteiger charge is 2.14. The first kappa shape index (κ1) is 21.7. The molecule has 1 amide bonds. The van der Waals surface area contributed by atoms with Crippen LogP contribution in [0.5, 0.6) is 5.75 Å². The minimum absolute atomic E-state index is 0.0764. The molecular formula is C18H20Cl2N4O4. The molecular weight excluding hydrogens is 407 g/mol. The molecule has 1 aromatic heterocycles. The topological polar surface area (TPSA) is 84.9 Å². The minimum atomic E-state index is -0.557. The second-order valence-electron chi connectivity index (χ2n) is 5.85. The first-order valence-electron chi connectivity index (χ1n) is 8.33. The van der Waals surface area contributed by atoms with E-state index in [1.165, 1.54) is 4.90 Å². The van der Waals surface area contributed by atoms with E-state index in [1.54, 1.807) is 55.4 Å². The zero-order valence-corrected chi connectivity index (χ0v) is 17.0. The van der Waals surface area contributed by atoms with Crippen molar-refractivity contribution < 1.29 is 19.1 Å². The Hall–Kier alpha value is -2.58. The second kappa shape index (κ2) is 10.7. The number of esters is 1. The van der Waals surface area contributed by atoms with Gasteiger partial charge in [-0.05, 0) is 36.4 Å². The van der Waals surface area contributed by atoms with Gasteiger partial charge in [0.25, 0.3) is 5.91 Å². The maximum atomic E-state index is 12.1. The molecule has 1 aromatic carbocycles. The van der Waals surface area contributed by atoms with Crippen LogP contribution in [0.3, 0.4) is 0 Å². The van der Waals surface area contributed by atoms with E-state index in [2.05, 4.69) is 10.2 Å². The Kier molecular flexibility index (Phi) is 8.28. The van der Waals surface area contributed by atoms with E-state index in [4.69, 9.17) is 32.7 Å². The molecule has 2 rings (SSSR count). The van der Waals surface area contributed by atoms with Crippen molar-refractivity contribution in [1.29, 1.82) is 0 Å². The van der Waals surface area contributed by atoms with E-state index in [-0.39, 0.29) is 24.2 Å². The summed E-state index contributed by atoms with van der Waals surface area (Å²) in [6.45, 7) is 0.221. The smallest absolute Gasteiger partial charge is 0.326 e. The lowest BCUT2D eigenvalue weighted by Crippen LogP contribution is -2.36. The summed E-state index contributed by atoms with van der Waals surface area (Å²) >= 11 is 11.5. The van der Waals surface area contributed by atoms with Crippen LogP contribution >= 0.6 is 23.2 Å². The molecule has 0 fully saturated rings. The van der Waals surface area contributed by atoms with Gasteiger partial charge in [0, 0.05) is 19.1 Å². The van der Waals surface area contributed by atoms with E-state index in [0.29, 0.717) is 29.7 Å². The molecule has 1 heterocycles. The SMILES string of the molecule is CN(CCOc1ccc(Cl)cc1)C(=O)COC(=O)CN(C)c1ccc(Cl)nn1. The van der Waals surface area contributed by atoms with Crippen molar-refractivity contribution in [2.24, 2.45) is 0 Å². The third kappa shape index (κ3) is 7.21. The number of likely N-dealkylation sites (N-methyl/N-ethyl adjacent to an activating group) is 2. The van der Waals surface area contributed by atoms with Gasteiger partial charge in [0.1, 0.15) is 18.9 Å². The highest BCUT2D eigenvalue weighted by molar-refractivity contribution is 6.30. The van der Waals surface area contributed by atoms with Gasteiger partial charge in [-0.15, -0.1) is 10.2 Å². The van der Waals surface area contributed by atoms with E-state index >= 15 is 0 Å². The molecule has 0 unspecified atom stereocenters. The molecule has 0 radical (unpaired) electrons. The predicted octanol–water partition coefficient (Wildman–Crippen LogP) is 2.30. The third-order valence-electron chi connectivity index (χ3n) is 3.67. The van der Waals surface area contributed by atoms with Gasteiger partial charge in [-0.3, -0.25) is 9.59 Å². The molecule has 0 spiro atoms. The van der Waals surface area contributed by atoms with Gasteiger partial charge < -0.3 is 19.3 Å². The van der Waals surface area contributed by atoms with Crippen LogP contribution in [0.4, 0.5) is 5.82 Å². The monoisotopic (exact) mass is 426 g/mol. The number of carbonyl (C=O) groups is 2. The lowest BCUT2D eigenvalue weighted by Gasteiger charge is -2.19. The average Bonchev–Trinajstić information content (AvgIpc) is 2.68. The van der Waals surface area contributed by atoms with Crippen LogP contribution in [0.25, 0.3) is 0 Å². The quantitative estimate of drug-likeness (QED) is 0.568. The summed E-state index contributed by atoms with van der Waals surface area (Å²) in [7, 11) is 3.26. The Labute approximate surface area is 172 Å². The van der Waals surface area contributed by atoms with Crippen molar-refractivity contribution in [3.05, 3.63) is 46.6 Å². The summed E-state index contributed by atoms with van der Waals surface area (Å²) in [4.78, 5) is 26.9. The Morgan fingerprint density at radius 3 is 2.39 bits per heavy atom. The highest BCUT2D eigenvalue weighted by atomic mass is 35.5. The predicted molar refractivity (Wildman–Crippen MR) is 106 cm³/mol. The van der Waals surface area contributed by atoms with Crippen molar-refractivity contribution in [2.45, 2.75) is 0 Å². The number of nitrogens with zero attached hydrogens (tertiary/aromatic N) is 4. The Bertz CT molecular complexity index is 787. The molecule has 0 aliphatic heterocycles. The van der Waals surface area contributed by atoms with Gasteiger partial charge in [0.05, 0.1) is 6.54 Å². The Balaban J connectivity index is 1.67. The van der Waals surface area contributed by atoms with Gasteiger partial charge in [-0.25, -0.2) is 0 Å². The first-order chi connectivity index (χ1) is 13.3. The molecule has 150 valence electrons. The number of carbonyl (C=O) groups excluding carboxylic acids is 2. The minimum Gasteiger partial charge on any atom is -0.492 e. The van der Waals surface area contributed by atoms with E-state index in [1.807, 2.05) is 0 Å². The number of halogens is 2. The second-order valence-corrected chi connectivity index (χ2v) is 6.67. The Morgan fingerprint density at radius 1 is 1.04 bits per heavy atom. The normalized spacial score (nSPS) is 10.3. The lowest BCUT2D eigenvalue weighted by molar-refractivity contribution is -0.150. The number of amides is 1. The standard InChI is InChI=1S/C18H20Cl2N4O4/c1-23(9-10-27-14-5-3-13(19)4-6-14)17(25)12-28-18(26)11-24(2)16-8-7-15(20)21-22-16/h3-8H,9-12H2,1-2H3. The summed E-state index contributed by atoms with van der Waals surface area (Å²) in [5.41, 5.74) is 0. The van der Waals surface area contributed by atoms with Crippen molar-refractivity contribution in [1.82, 2.24) is 15.1 Å². The fraction of sp³-hybridized carbons (Fsp3) is 0.333. The number of hydrogen-bond donors (Lipinski definition) is 0. The van der Waals surface area contributed by atoms with E-state index in [0.717, 1.165) is 0 Å². The molecule has 0 N–H and O–H groups in total. The molecule has 10 heteroatoms. The maximum absolute atomic E-state index is 12.1. The first-order valence-corrected chi connectivity index (χ1v) is 9.09. The molecule has 8 nitrogen and oxygen atoms in total. The molecule has 0 saturated heterocycles. The zero-order valence-electron chi connectivity index (χ0n) is 15.5. The average molecular weight is 427 g/mol. The molecule has 28 heavy (non-hydrogen) atoms. The van der Waals surface area contributed by atoms with Crippen LogP contribution in [0.1, 0.15) is 0 Å². The van der Waals surface area contributed by atoms with Crippen LogP contribution in [-0.4, -0.2) is 67.4 Å². The molecule has 2 aromatic rings. The van der Waals surface area contributed by atoms with Gasteiger partial charge in [0.2, 0.25) is 0 Å². The number of benzene rings is 1. The largest absolute Gasteiger partial charge is 0.492 e. The van der Waals surface area contributed by atoms with E-state index < -0.39 is 5.97 Å². The van der Waals surface area contributed by atoms with Crippen molar-refractivity contribution in [2.75, 3.05) is 45.3 Å². The van der Waals surface area contributed by atoms with Crippen molar-refractivity contribution >= 4 is 40.9 Å². The van der Waals surface area contributed by atoms with E-state index in [9.17, 15) is 9.59 Å². The summed E-state index contributed by atoms with van der Waals surface area (Å²) in [5.74, 6) is 0.231. The third-order valence-corrected chi connectivity index (χ3v) is 4.12. The molecule has 0 bridgehead atoms. The van der Waals surface area contributed by atoms with Crippen LogP contribution in [0, 0.1) is 0 Å². The van der Waals surface area contributed by atoms with Crippen LogP contribution in [-0.2, 0) is 14.3 Å². The molecule has 0 aliphatic rings. The summed E-state index contributed by atoms with van der Waals surface area (Å²) in [5, 5.41) is 8.44. The van der Waals surface area contributed by atoms with Gasteiger partial charge in [0.15, 0.2) is 17.6 Å². The molecule has 0 aliphatic carbocycles. The molecule has 0 atom stereocenters. The van der Waals surface area contributed by atoms with Crippen molar-refractivity contribution in [3.8, 4) is 5.75 Å². The number of aromatic nitrogens is 2. The fourth-order valence-corrected chi connectivity index (χ4v) is 2.27. The lowest BCUT2D eigenvalue weighted by atomic mass is 10.3. The number of anilines is 1. The van der Waals surface area contributed by atoms with Gasteiger partial charge >= 0.3 is 5.97 Å². The number of hydrogen-bond acceptors (Lipinski definition) is 7. The fourth-order valence-electron chi connectivity index (χ4n) is 2.04. The van der Waals surface area contributed by atoms with Crippen molar-refractivity contribution in [3.63, 3.8) is 0 Å². The number of rotatable bonds is 9. The van der Waals surface area contributed by atoms with Crippen LogP contribution < -0.4 is 9.64 Å². The van der Waals surface area contributed by atoms with Crippen LogP contribution in [0.15, 0.2) is 36.4 Å². The zero-order chi connectivity index (χ0) is 20.5. The summed E-state index contributed by atoms with van der Waals surface area (Å²) in [6.07, 6.45) is 0. The maximum Gasteiger partial charge on any atom is 0.326 e. The molecule has 0 saturated carbocycles. The van der Waals surface area contributed by atoms with Crippen LogP contribution in [0.2, 0.25) is 10.2 Å².